The number of rotatable bonds is 4. The maximum absolute atomic E-state index is 12.8. The first kappa shape index (κ1) is 16.8. The molecule has 0 spiro atoms. The highest BCUT2D eigenvalue weighted by Crippen LogP contribution is 2.32. The molecule has 1 aromatic rings. The Balaban J connectivity index is 1.33. The maximum Gasteiger partial charge on any atom is 0.318 e. The molecule has 0 unspecified atom stereocenters. The summed E-state index contributed by atoms with van der Waals surface area (Å²) < 4.78 is 5.48. The fourth-order valence-electron chi connectivity index (χ4n) is 4.25. The van der Waals surface area contributed by atoms with Gasteiger partial charge in [0.15, 0.2) is 0 Å². The van der Waals surface area contributed by atoms with Crippen LogP contribution in [0.1, 0.15) is 50.4 Å². The summed E-state index contributed by atoms with van der Waals surface area (Å²) in [5, 5.41) is 10.1. The molecule has 3 heterocycles. The molecule has 0 radical (unpaired) electrons. The van der Waals surface area contributed by atoms with E-state index in [2.05, 4.69) is 25.4 Å². The van der Waals surface area contributed by atoms with Crippen molar-refractivity contribution in [2.45, 2.75) is 62.8 Å². The fraction of sp³-hybridized carbons (Fsp3) is 0.824. The van der Waals surface area contributed by atoms with E-state index in [9.17, 15) is 4.79 Å². The van der Waals surface area contributed by atoms with Crippen LogP contribution in [0.2, 0.25) is 0 Å². The number of nitrogens with one attached hydrogen (secondary N) is 2. The van der Waals surface area contributed by atoms with Crippen LogP contribution in [0, 0.1) is 0 Å². The largest absolute Gasteiger partial charge is 0.380 e. The lowest BCUT2D eigenvalue weighted by molar-refractivity contribution is 0.0906. The number of nitrogens with zero attached hydrogens (tertiary/aromatic N) is 4. The number of aromatic nitrogens is 3. The lowest BCUT2D eigenvalue weighted by atomic mass is 9.89. The lowest BCUT2D eigenvalue weighted by Crippen LogP contribution is -2.52. The number of ether oxygens (including phenoxy) is 1. The Bertz CT molecular complexity index is 568. The number of aromatic amines is 1. The van der Waals surface area contributed by atoms with Gasteiger partial charge in [0, 0.05) is 45.2 Å². The van der Waals surface area contributed by atoms with Gasteiger partial charge in [-0.05, 0) is 25.7 Å². The van der Waals surface area contributed by atoms with Crippen LogP contribution in [-0.4, -0.2) is 75.9 Å². The number of hydrogen-bond donors (Lipinski definition) is 2. The standard InChI is InChI=1S/C17H28N6O2/c1-25-14-9-15(16-18-11-19-21-16)23(10-14)17(24)20-12-5-7-22(8-6-12)13-3-2-4-13/h11-15H,2-10H2,1H3,(H,20,24)(H,18,19,21)/t14-,15+/m1/s1. The summed E-state index contributed by atoms with van der Waals surface area (Å²) in [7, 11) is 1.69. The summed E-state index contributed by atoms with van der Waals surface area (Å²) in [5.41, 5.74) is 0. The van der Waals surface area contributed by atoms with Crippen LogP contribution in [0.15, 0.2) is 6.33 Å². The van der Waals surface area contributed by atoms with Crippen molar-refractivity contribution in [3.05, 3.63) is 12.2 Å². The number of piperidine rings is 1. The maximum atomic E-state index is 12.8. The van der Waals surface area contributed by atoms with Crippen molar-refractivity contribution in [3.63, 3.8) is 0 Å². The van der Waals surface area contributed by atoms with Gasteiger partial charge in [-0.25, -0.2) is 9.78 Å². The molecule has 0 bridgehead atoms. The van der Waals surface area contributed by atoms with E-state index in [0.29, 0.717) is 6.54 Å². The molecular weight excluding hydrogens is 320 g/mol. The molecule has 8 heteroatoms. The van der Waals surface area contributed by atoms with Crippen molar-refractivity contribution < 1.29 is 9.53 Å². The zero-order chi connectivity index (χ0) is 17.2. The molecule has 2 N–H and O–H groups in total. The highest BCUT2D eigenvalue weighted by Gasteiger charge is 2.39. The normalized spacial score (nSPS) is 28.9. The molecule has 2 amide bonds. The average Bonchev–Trinajstić information content (AvgIpc) is 3.24. The van der Waals surface area contributed by atoms with Gasteiger partial charge in [0.1, 0.15) is 12.2 Å². The summed E-state index contributed by atoms with van der Waals surface area (Å²) in [6, 6.07) is 0.958. The van der Waals surface area contributed by atoms with Crippen molar-refractivity contribution in [1.82, 2.24) is 30.3 Å². The minimum Gasteiger partial charge on any atom is -0.380 e. The number of amides is 2. The topological polar surface area (TPSA) is 86.4 Å². The van der Waals surface area contributed by atoms with Crippen molar-refractivity contribution in [2.24, 2.45) is 0 Å². The summed E-state index contributed by atoms with van der Waals surface area (Å²) in [5.74, 6) is 0.731. The molecule has 1 aliphatic carbocycles. The molecule has 4 rings (SSSR count). The molecule has 138 valence electrons. The molecule has 0 aromatic carbocycles. The van der Waals surface area contributed by atoms with Crippen LogP contribution >= 0.6 is 0 Å². The van der Waals surface area contributed by atoms with Crippen LogP contribution < -0.4 is 5.32 Å². The molecule has 8 nitrogen and oxygen atoms in total. The predicted octanol–water partition coefficient (Wildman–Crippen LogP) is 1.29. The fourth-order valence-corrected chi connectivity index (χ4v) is 4.25. The molecule has 1 saturated carbocycles. The highest BCUT2D eigenvalue weighted by atomic mass is 16.5. The number of hydrogen-bond acceptors (Lipinski definition) is 5. The Morgan fingerprint density at radius 1 is 1.32 bits per heavy atom. The van der Waals surface area contributed by atoms with Crippen molar-refractivity contribution >= 4 is 6.03 Å². The average molecular weight is 348 g/mol. The Morgan fingerprint density at radius 3 is 2.72 bits per heavy atom. The first-order valence-corrected chi connectivity index (χ1v) is 9.44. The third kappa shape index (κ3) is 3.50. The van der Waals surface area contributed by atoms with Crippen molar-refractivity contribution in [1.29, 1.82) is 0 Å². The molecule has 2 aliphatic heterocycles. The Hall–Kier alpha value is -1.67. The van der Waals surface area contributed by atoms with E-state index in [1.54, 1.807) is 7.11 Å². The smallest absolute Gasteiger partial charge is 0.318 e. The highest BCUT2D eigenvalue weighted by molar-refractivity contribution is 5.75. The van der Waals surface area contributed by atoms with Crippen molar-refractivity contribution in [2.75, 3.05) is 26.7 Å². The minimum atomic E-state index is -0.0949. The van der Waals surface area contributed by atoms with E-state index in [0.717, 1.165) is 44.2 Å². The SMILES string of the molecule is CO[C@@H]1C[C@@H](c2ncn[nH]2)N(C(=O)NC2CCN(C3CCC3)CC2)C1. The summed E-state index contributed by atoms with van der Waals surface area (Å²) in [6.07, 6.45) is 8.43. The zero-order valence-electron chi connectivity index (χ0n) is 14.9. The monoisotopic (exact) mass is 348 g/mol. The van der Waals surface area contributed by atoms with E-state index in [4.69, 9.17) is 4.74 Å². The molecule has 25 heavy (non-hydrogen) atoms. The van der Waals surface area contributed by atoms with Crippen LogP contribution in [-0.2, 0) is 4.74 Å². The van der Waals surface area contributed by atoms with E-state index in [1.165, 1.54) is 25.6 Å². The molecule has 2 atom stereocenters. The first-order chi connectivity index (χ1) is 12.2. The molecule has 2 saturated heterocycles. The van der Waals surface area contributed by atoms with E-state index >= 15 is 0 Å². The second-order valence-electron chi connectivity index (χ2n) is 7.48. The predicted molar refractivity (Wildman–Crippen MR) is 92.0 cm³/mol. The second-order valence-corrected chi connectivity index (χ2v) is 7.48. The first-order valence-electron chi connectivity index (χ1n) is 9.44. The van der Waals surface area contributed by atoms with Gasteiger partial charge in [-0.3, -0.25) is 5.10 Å². The number of likely N-dealkylation sites (tertiary alicyclic amines) is 2. The quantitative estimate of drug-likeness (QED) is 0.856. The number of carbonyl (C=O) groups excluding carboxylic acids is 1. The van der Waals surface area contributed by atoms with Gasteiger partial charge in [0.05, 0.1) is 12.1 Å². The summed E-state index contributed by atoms with van der Waals surface area (Å²) in [4.78, 5) is 21.5. The van der Waals surface area contributed by atoms with Crippen LogP contribution in [0.4, 0.5) is 4.79 Å². The van der Waals surface area contributed by atoms with Gasteiger partial charge in [0.25, 0.3) is 0 Å². The Labute approximate surface area is 148 Å². The molecule has 3 fully saturated rings. The van der Waals surface area contributed by atoms with Crippen LogP contribution in [0.5, 0.6) is 0 Å². The molecular formula is C17H28N6O2. The summed E-state index contributed by atoms with van der Waals surface area (Å²) in [6.45, 7) is 2.79. The van der Waals surface area contributed by atoms with Gasteiger partial charge in [-0.2, -0.15) is 5.10 Å². The van der Waals surface area contributed by atoms with Gasteiger partial charge >= 0.3 is 6.03 Å². The van der Waals surface area contributed by atoms with Gasteiger partial charge < -0.3 is 19.9 Å². The number of urea groups is 1. The van der Waals surface area contributed by atoms with E-state index < -0.39 is 0 Å². The van der Waals surface area contributed by atoms with Crippen molar-refractivity contribution in [3.8, 4) is 0 Å². The van der Waals surface area contributed by atoms with E-state index in [1.807, 2.05) is 4.90 Å². The number of carbonyl (C=O) groups is 1. The van der Waals surface area contributed by atoms with Crippen LogP contribution in [0.25, 0.3) is 0 Å². The van der Waals surface area contributed by atoms with Crippen LogP contribution in [0.3, 0.4) is 0 Å². The van der Waals surface area contributed by atoms with E-state index in [-0.39, 0.29) is 24.2 Å². The third-order valence-corrected chi connectivity index (χ3v) is 6.05. The third-order valence-electron chi connectivity index (χ3n) is 6.05. The van der Waals surface area contributed by atoms with Gasteiger partial charge in [-0.15, -0.1) is 0 Å². The van der Waals surface area contributed by atoms with Gasteiger partial charge in [-0.1, -0.05) is 6.42 Å². The number of methoxy groups -OCH3 is 1. The second kappa shape index (κ2) is 7.29. The molecule has 1 aromatic heterocycles. The Kier molecular flexibility index (Phi) is 4.89. The molecule has 3 aliphatic rings. The van der Waals surface area contributed by atoms with Gasteiger partial charge in [0.2, 0.25) is 0 Å². The number of H-pyrrole nitrogens is 1. The minimum absolute atomic E-state index is 0.0111. The Morgan fingerprint density at radius 2 is 2.12 bits per heavy atom. The zero-order valence-corrected chi connectivity index (χ0v) is 14.9. The summed E-state index contributed by atoms with van der Waals surface area (Å²) >= 11 is 0. The lowest BCUT2D eigenvalue weighted by Gasteiger charge is -2.42.